The summed E-state index contributed by atoms with van der Waals surface area (Å²) in [6, 6.07) is 0. The summed E-state index contributed by atoms with van der Waals surface area (Å²) in [5, 5.41) is 3.12. The Bertz CT molecular complexity index is 623. The van der Waals surface area contributed by atoms with Gasteiger partial charge in [-0.15, -0.1) is 11.3 Å². The molecule has 0 saturated carbocycles. The first-order valence-electron chi connectivity index (χ1n) is 7.22. The standard InChI is InChI=1S/C15H20N2O4S/c1-7-4-5-10-11(6-7)22-15(12(10)13(16)19)17-14(20)8(2)21-9(3)18/h7-8H,4-6H2,1-3H3,(H2,16,19)(H,17,20). The van der Waals surface area contributed by atoms with Crippen molar-refractivity contribution in [3.8, 4) is 0 Å². The van der Waals surface area contributed by atoms with E-state index in [-0.39, 0.29) is 0 Å². The van der Waals surface area contributed by atoms with E-state index in [1.165, 1.54) is 25.2 Å². The number of hydrogen-bond donors (Lipinski definition) is 2. The third-order valence-electron chi connectivity index (χ3n) is 3.71. The fourth-order valence-electron chi connectivity index (χ4n) is 2.62. The summed E-state index contributed by atoms with van der Waals surface area (Å²) >= 11 is 1.39. The fourth-order valence-corrected chi connectivity index (χ4v) is 4.03. The number of rotatable bonds is 4. The number of amides is 2. The van der Waals surface area contributed by atoms with Crippen LogP contribution in [0.15, 0.2) is 0 Å². The maximum absolute atomic E-state index is 12.1. The van der Waals surface area contributed by atoms with E-state index in [1.807, 2.05) is 0 Å². The number of fused-ring (bicyclic) bond motifs is 1. The van der Waals surface area contributed by atoms with Gasteiger partial charge in [-0.25, -0.2) is 0 Å². The van der Waals surface area contributed by atoms with Gasteiger partial charge in [0, 0.05) is 11.8 Å². The van der Waals surface area contributed by atoms with Gasteiger partial charge >= 0.3 is 5.97 Å². The molecular formula is C15H20N2O4S. The molecule has 0 bridgehead atoms. The van der Waals surface area contributed by atoms with Crippen molar-refractivity contribution >= 4 is 34.1 Å². The lowest BCUT2D eigenvalue weighted by Crippen LogP contribution is -2.29. The Morgan fingerprint density at radius 3 is 2.68 bits per heavy atom. The van der Waals surface area contributed by atoms with E-state index in [1.54, 1.807) is 0 Å². The zero-order chi connectivity index (χ0) is 16.4. The van der Waals surface area contributed by atoms with Gasteiger partial charge in [-0.05, 0) is 37.7 Å². The summed E-state index contributed by atoms with van der Waals surface area (Å²) in [4.78, 5) is 35.8. The smallest absolute Gasteiger partial charge is 0.303 e. The molecule has 3 N–H and O–H groups in total. The molecule has 1 aromatic rings. The molecule has 120 valence electrons. The van der Waals surface area contributed by atoms with E-state index >= 15 is 0 Å². The number of anilines is 1. The van der Waals surface area contributed by atoms with Crippen LogP contribution in [0.1, 0.15) is 48.0 Å². The predicted octanol–water partition coefficient (Wildman–Crippen LogP) is 1.86. The second kappa shape index (κ2) is 6.48. The van der Waals surface area contributed by atoms with Crippen molar-refractivity contribution in [2.24, 2.45) is 11.7 Å². The number of hydrogen-bond acceptors (Lipinski definition) is 5. The number of ether oxygens (including phenoxy) is 1. The topological polar surface area (TPSA) is 98.5 Å². The molecule has 22 heavy (non-hydrogen) atoms. The van der Waals surface area contributed by atoms with Crippen LogP contribution in [-0.2, 0) is 27.2 Å². The Morgan fingerprint density at radius 2 is 2.09 bits per heavy atom. The van der Waals surface area contributed by atoms with Gasteiger partial charge in [0.15, 0.2) is 6.10 Å². The Balaban J connectivity index is 2.25. The molecule has 0 fully saturated rings. The van der Waals surface area contributed by atoms with Crippen LogP contribution in [0.4, 0.5) is 5.00 Å². The fraction of sp³-hybridized carbons (Fsp3) is 0.533. The highest BCUT2D eigenvalue weighted by Gasteiger charge is 2.28. The van der Waals surface area contributed by atoms with Gasteiger partial charge in [-0.1, -0.05) is 6.92 Å². The van der Waals surface area contributed by atoms with E-state index < -0.39 is 23.9 Å². The average molecular weight is 324 g/mol. The molecule has 1 aromatic heterocycles. The van der Waals surface area contributed by atoms with Gasteiger partial charge in [0.1, 0.15) is 5.00 Å². The van der Waals surface area contributed by atoms with Crippen LogP contribution in [0.25, 0.3) is 0 Å². The second-order valence-electron chi connectivity index (χ2n) is 5.66. The van der Waals surface area contributed by atoms with Crippen molar-refractivity contribution in [3.05, 3.63) is 16.0 Å². The third-order valence-corrected chi connectivity index (χ3v) is 4.88. The quantitative estimate of drug-likeness (QED) is 0.826. The molecule has 2 unspecified atom stereocenters. The maximum Gasteiger partial charge on any atom is 0.303 e. The molecule has 1 aliphatic rings. The first kappa shape index (κ1) is 16.5. The molecule has 0 spiro atoms. The molecular weight excluding hydrogens is 304 g/mol. The monoisotopic (exact) mass is 324 g/mol. The average Bonchev–Trinajstić information content (AvgIpc) is 2.74. The van der Waals surface area contributed by atoms with Crippen LogP contribution in [0.2, 0.25) is 0 Å². The van der Waals surface area contributed by atoms with E-state index in [2.05, 4.69) is 12.2 Å². The first-order chi connectivity index (χ1) is 10.3. The molecule has 2 amide bonds. The predicted molar refractivity (Wildman–Crippen MR) is 83.9 cm³/mol. The van der Waals surface area contributed by atoms with Crippen molar-refractivity contribution in [2.75, 3.05) is 5.32 Å². The number of thiophene rings is 1. The molecule has 1 heterocycles. The van der Waals surface area contributed by atoms with Gasteiger partial charge < -0.3 is 15.8 Å². The summed E-state index contributed by atoms with van der Waals surface area (Å²) in [7, 11) is 0. The zero-order valence-corrected chi connectivity index (χ0v) is 13.7. The maximum atomic E-state index is 12.1. The summed E-state index contributed by atoms with van der Waals surface area (Å²) in [5.74, 6) is -0.987. The Hall–Kier alpha value is -1.89. The van der Waals surface area contributed by atoms with Gasteiger partial charge in [0.05, 0.1) is 5.56 Å². The number of esters is 1. The molecule has 6 nitrogen and oxygen atoms in total. The summed E-state index contributed by atoms with van der Waals surface area (Å²) in [6.07, 6.45) is 1.76. The Labute approximate surface area is 133 Å². The van der Waals surface area contributed by atoms with Crippen LogP contribution in [0, 0.1) is 5.92 Å². The minimum Gasteiger partial charge on any atom is -0.453 e. The molecule has 2 atom stereocenters. The number of nitrogens with two attached hydrogens (primary N) is 1. The van der Waals surface area contributed by atoms with Gasteiger partial charge in [0.25, 0.3) is 11.8 Å². The summed E-state index contributed by atoms with van der Waals surface area (Å²) < 4.78 is 4.84. The lowest BCUT2D eigenvalue weighted by Gasteiger charge is -2.18. The second-order valence-corrected chi connectivity index (χ2v) is 6.77. The zero-order valence-electron chi connectivity index (χ0n) is 12.9. The molecule has 0 aromatic carbocycles. The van der Waals surface area contributed by atoms with E-state index in [0.717, 1.165) is 29.7 Å². The molecule has 2 rings (SSSR count). The lowest BCUT2D eigenvalue weighted by atomic mass is 9.88. The van der Waals surface area contributed by atoms with Crippen molar-refractivity contribution in [3.63, 3.8) is 0 Å². The van der Waals surface area contributed by atoms with E-state index in [9.17, 15) is 14.4 Å². The summed E-state index contributed by atoms with van der Waals surface area (Å²) in [6.45, 7) is 4.88. The largest absolute Gasteiger partial charge is 0.453 e. The SMILES string of the molecule is CC(=O)OC(C)C(=O)Nc1sc2c(c1C(N)=O)CCC(C)C2. The van der Waals surface area contributed by atoms with E-state index in [0.29, 0.717) is 16.5 Å². The highest BCUT2D eigenvalue weighted by atomic mass is 32.1. The third kappa shape index (κ3) is 3.47. The van der Waals surface area contributed by atoms with Crippen LogP contribution < -0.4 is 11.1 Å². The van der Waals surface area contributed by atoms with Crippen molar-refractivity contribution in [1.82, 2.24) is 0 Å². The van der Waals surface area contributed by atoms with Crippen LogP contribution >= 0.6 is 11.3 Å². The van der Waals surface area contributed by atoms with Gasteiger partial charge in [-0.2, -0.15) is 0 Å². The first-order valence-corrected chi connectivity index (χ1v) is 8.03. The van der Waals surface area contributed by atoms with Gasteiger partial charge in [0.2, 0.25) is 0 Å². The minimum absolute atomic E-state index is 0.398. The van der Waals surface area contributed by atoms with Crippen LogP contribution in [-0.4, -0.2) is 23.9 Å². The normalized spacial score (nSPS) is 18.2. The minimum atomic E-state index is -0.920. The van der Waals surface area contributed by atoms with Crippen LogP contribution in [0.5, 0.6) is 0 Å². The van der Waals surface area contributed by atoms with Crippen molar-refractivity contribution < 1.29 is 19.1 Å². The lowest BCUT2D eigenvalue weighted by molar-refractivity contribution is -0.150. The highest BCUT2D eigenvalue weighted by molar-refractivity contribution is 7.17. The number of primary amides is 1. The summed E-state index contributed by atoms with van der Waals surface area (Å²) in [5.41, 5.74) is 6.83. The molecule has 0 saturated heterocycles. The highest BCUT2D eigenvalue weighted by Crippen LogP contribution is 2.39. The number of nitrogens with one attached hydrogen (secondary N) is 1. The number of carbonyl (C=O) groups is 3. The van der Waals surface area contributed by atoms with Gasteiger partial charge in [-0.3, -0.25) is 14.4 Å². The van der Waals surface area contributed by atoms with Crippen molar-refractivity contribution in [1.29, 1.82) is 0 Å². The molecule has 1 aliphatic carbocycles. The van der Waals surface area contributed by atoms with Crippen LogP contribution in [0.3, 0.4) is 0 Å². The molecule has 0 radical (unpaired) electrons. The molecule has 7 heteroatoms. The molecule has 0 aliphatic heterocycles. The number of carbonyl (C=O) groups excluding carboxylic acids is 3. The Morgan fingerprint density at radius 1 is 1.41 bits per heavy atom. The Kier molecular flexibility index (Phi) is 4.85. The van der Waals surface area contributed by atoms with E-state index in [4.69, 9.17) is 10.5 Å². The van der Waals surface area contributed by atoms with Crippen molar-refractivity contribution in [2.45, 2.75) is 46.1 Å².